The standard InChI is InChI=1S/C20H21N3O3/c1-12(2)23-9-8-18-16(11-23)19(22-26-18)20(25)21-17-5-3-4-13-6-7-14(24)10-15(13)17/h3-7,10,12,24H,8-9,11H2,1-2H3,(H,21,25). The van der Waals surface area contributed by atoms with Crippen LogP contribution in [0.3, 0.4) is 0 Å². The van der Waals surface area contributed by atoms with Crippen molar-refractivity contribution in [3.8, 4) is 5.75 Å². The summed E-state index contributed by atoms with van der Waals surface area (Å²) in [4.78, 5) is 15.1. The number of phenolic OH excluding ortho intramolecular Hbond substituents is 1. The second-order valence-corrected chi connectivity index (χ2v) is 6.91. The zero-order chi connectivity index (χ0) is 18.3. The highest BCUT2D eigenvalue weighted by Gasteiger charge is 2.28. The molecule has 1 aliphatic heterocycles. The number of phenols is 1. The molecule has 1 aromatic heterocycles. The van der Waals surface area contributed by atoms with Crippen molar-refractivity contribution < 1.29 is 14.4 Å². The smallest absolute Gasteiger partial charge is 0.278 e. The molecule has 0 radical (unpaired) electrons. The number of anilines is 1. The first-order valence-electron chi connectivity index (χ1n) is 8.77. The van der Waals surface area contributed by atoms with Crippen molar-refractivity contribution in [1.29, 1.82) is 0 Å². The number of rotatable bonds is 3. The van der Waals surface area contributed by atoms with E-state index in [9.17, 15) is 9.90 Å². The number of fused-ring (bicyclic) bond motifs is 2. The summed E-state index contributed by atoms with van der Waals surface area (Å²) in [6, 6.07) is 11.1. The number of aromatic hydroxyl groups is 1. The molecule has 1 amide bonds. The predicted octanol–water partition coefficient (Wildman–Crippen LogP) is 3.55. The normalized spacial score (nSPS) is 14.6. The molecule has 0 saturated carbocycles. The van der Waals surface area contributed by atoms with E-state index >= 15 is 0 Å². The van der Waals surface area contributed by atoms with E-state index in [0.717, 1.165) is 35.1 Å². The summed E-state index contributed by atoms with van der Waals surface area (Å²) in [6.45, 7) is 5.85. The van der Waals surface area contributed by atoms with Gasteiger partial charge in [0, 0.05) is 42.2 Å². The van der Waals surface area contributed by atoms with Gasteiger partial charge in [-0.15, -0.1) is 0 Å². The molecule has 0 bridgehead atoms. The summed E-state index contributed by atoms with van der Waals surface area (Å²) < 4.78 is 5.40. The van der Waals surface area contributed by atoms with Crippen molar-refractivity contribution in [2.75, 3.05) is 11.9 Å². The average molecular weight is 351 g/mol. The van der Waals surface area contributed by atoms with E-state index in [1.165, 1.54) is 0 Å². The Morgan fingerprint density at radius 1 is 1.31 bits per heavy atom. The fourth-order valence-corrected chi connectivity index (χ4v) is 3.40. The predicted molar refractivity (Wildman–Crippen MR) is 99.3 cm³/mol. The van der Waals surface area contributed by atoms with Crippen LogP contribution < -0.4 is 5.32 Å². The third-order valence-corrected chi connectivity index (χ3v) is 4.92. The number of amides is 1. The number of benzene rings is 2. The summed E-state index contributed by atoms with van der Waals surface area (Å²) >= 11 is 0. The second-order valence-electron chi connectivity index (χ2n) is 6.91. The summed E-state index contributed by atoms with van der Waals surface area (Å²) in [5, 5.41) is 18.4. The highest BCUT2D eigenvalue weighted by molar-refractivity contribution is 6.09. The molecule has 0 aliphatic carbocycles. The quantitative estimate of drug-likeness (QED) is 0.754. The van der Waals surface area contributed by atoms with Gasteiger partial charge in [0.15, 0.2) is 5.69 Å². The van der Waals surface area contributed by atoms with Crippen molar-refractivity contribution >= 4 is 22.4 Å². The Balaban J connectivity index is 1.65. The molecular weight excluding hydrogens is 330 g/mol. The van der Waals surface area contributed by atoms with Gasteiger partial charge in [0.1, 0.15) is 11.5 Å². The van der Waals surface area contributed by atoms with Crippen LogP contribution in [0.4, 0.5) is 5.69 Å². The highest BCUT2D eigenvalue weighted by Crippen LogP contribution is 2.29. The lowest BCUT2D eigenvalue weighted by Crippen LogP contribution is -2.36. The fraction of sp³-hybridized carbons (Fsp3) is 0.300. The Kier molecular flexibility index (Phi) is 4.12. The first kappa shape index (κ1) is 16.6. The topological polar surface area (TPSA) is 78.6 Å². The Hall–Kier alpha value is -2.86. The van der Waals surface area contributed by atoms with E-state index in [4.69, 9.17) is 4.52 Å². The van der Waals surface area contributed by atoms with Crippen LogP contribution in [0, 0.1) is 0 Å². The average Bonchev–Trinajstić information content (AvgIpc) is 3.05. The van der Waals surface area contributed by atoms with Crippen molar-refractivity contribution in [3.05, 3.63) is 53.4 Å². The lowest BCUT2D eigenvalue weighted by molar-refractivity contribution is 0.101. The summed E-state index contributed by atoms with van der Waals surface area (Å²) in [5.74, 6) is 0.657. The van der Waals surface area contributed by atoms with Crippen molar-refractivity contribution in [2.24, 2.45) is 0 Å². The molecule has 0 fully saturated rings. The van der Waals surface area contributed by atoms with Gasteiger partial charge in [-0.1, -0.05) is 23.4 Å². The van der Waals surface area contributed by atoms with E-state index in [1.54, 1.807) is 12.1 Å². The zero-order valence-corrected chi connectivity index (χ0v) is 14.8. The molecular formula is C20H21N3O3. The maximum atomic E-state index is 12.8. The Morgan fingerprint density at radius 3 is 2.96 bits per heavy atom. The maximum Gasteiger partial charge on any atom is 0.278 e. The summed E-state index contributed by atoms with van der Waals surface area (Å²) in [6.07, 6.45) is 0.760. The highest BCUT2D eigenvalue weighted by atomic mass is 16.5. The fourth-order valence-electron chi connectivity index (χ4n) is 3.40. The van der Waals surface area contributed by atoms with E-state index in [1.807, 2.05) is 24.3 Å². The van der Waals surface area contributed by atoms with Crippen molar-refractivity contribution in [3.63, 3.8) is 0 Å². The van der Waals surface area contributed by atoms with Crippen LogP contribution in [0.5, 0.6) is 5.75 Å². The van der Waals surface area contributed by atoms with Crippen LogP contribution in [-0.2, 0) is 13.0 Å². The van der Waals surface area contributed by atoms with Crippen molar-refractivity contribution in [2.45, 2.75) is 32.9 Å². The first-order chi connectivity index (χ1) is 12.5. The number of nitrogens with zero attached hydrogens (tertiary/aromatic N) is 2. The Labute approximate surface area is 151 Å². The number of hydrogen-bond donors (Lipinski definition) is 2. The molecule has 0 unspecified atom stereocenters. The molecule has 6 nitrogen and oxygen atoms in total. The molecule has 3 aromatic rings. The molecule has 1 aliphatic rings. The molecule has 134 valence electrons. The lowest BCUT2D eigenvalue weighted by atomic mass is 10.0. The minimum Gasteiger partial charge on any atom is -0.508 e. The Morgan fingerprint density at radius 2 is 2.15 bits per heavy atom. The number of hydrogen-bond acceptors (Lipinski definition) is 5. The molecule has 4 rings (SSSR count). The van der Waals surface area contributed by atoms with Gasteiger partial charge in [-0.3, -0.25) is 9.69 Å². The molecule has 2 aromatic carbocycles. The van der Waals surface area contributed by atoms with E-state index in [0.29, 0.717) is 24.0 Å². The molecule has 26 heavy (non-hydrogen) atoms. The van der Waals surface area contributed by atoms with Gasteiger partial charge in [-0.25, -0.2) is 0 Å². The van der Waals surface area contributed by atoms with Crippen LogP contribution in [-0.4, -0.2) is 33.7 Å². The second kappa shape index (κ2) is 6.46. The summed E-state index contributed by atoms with van der Waals surface area (Å²) in [5.41, 5.74) is 1.84. The summed E-state index contributed by atoms with van der Waals surface area (Å²) in [7, 11) is 0. The van der Waals surface area contributed by atoms with Crippen LogP contribution in [0.2, 0.25) is 0 Å². The van der Waals surface area contributed by atoms with Gasteiger partial charge in [0.25, 0.3) is 5.91 Å². The molecule has 2 heterocycles. The minimum atomic E-state index is -0.295. The third kappa shape index (κ3) is 2.93. The van der Waals surface area contributed by atoms with Gasteiger partial charge >= 0.3 is 0 Å². The molecule has 0 atom stereocenters. The van der Waals surface area contributed by atoms with E-state index < -0.39 is 0 Å². The van der Waals surface area contributed by atoms with Gasteiger partial charge in [-0.2, -0.15) is 0 Å². The van der Waals surface area contributed by atoms with Gasteiger partial charge in [0.05, 0.1) is 0 Å². The molecule has 6 heteroatoms. The van der Waals surface area contributed by atoms with Crippen LogP contribution in [0.15, 0.2) is 40.9 Å². The van der Waals surface area contributed by atoms with Gasteiger partial charge in [-0.05, 0) is 37.4 Å². The minimum absolute atomic E-state index is 0.158. The number of carbonyl (C=O) groups is 1. The number of aromatic nitrogens is 1. The molecule has 0 spiro atoms. The Bertz CT molecular complexity index is 978. The molecule has 0 saturated heterocycles. The SMILES string of the molecule is CC(C)N1CCc2onc(C(=O)Nc3cccc4ccc(O)cc34)c2C1. The van der Waals surface area contributed by atoms with Gasteiger partial charge in [0.2, 0.25) is 0 Å². The lowest BCUT2D eigenvalue weighted by Gasteiger charge is -2.29. The maximum absolute atomic E-state index is 12.8. The number of nitrogens with one attached hydrogen (secondary N) is 1. The van der Waals surface area contributed by atoms with E-state index in [-0.39, 0.29) is 11.7 Å². The van der Waals surface area contributed by atoms with Crippen LogP contribution in [0.1, 0.15) is 35.7 Å². The monoisotopic (exact) mass is 351 g/mol. The van der Waals surface area contributed by atoms with Gasteiger partial charge < -0.3 is 14.9 Å². The van der Waals surface area contributed by atoms with Crippen molar-refractivity contribution in [1.82, 2.24) is 10.1 Å². The number of carbonyl (C=O) groups excluding carboxylic acids is 1. The first-order valence-corrected chi connectivity index (χ1v) is 8.77. The zero-order valence-electron chi connectivity index (χ0n) is 14.8. The van der Waals surface area contributed by atoms with Crippen LogP contribution in [0.25, 0.3) is 10.8 Å². The van der Waals surface area contributed by atoms with Crippen LogP contribution >= 0.6 is 0 Å². The van der Waals surface area contributed by atoms with E-state index in [2.05, 4.69) is 29.2 Å². The largest absolute Gasteiger partial charge is 0.508 e. The third-order valence-electron chi connectivity index (χ3n) is 4.92. The molecule has 2 N–H and O–H groups in total.